The van der Waals surface area contributed by atoms with Crippen molar-refractivity contribution >= 4 is 31.7 Å². The summed E-state index contributed by atoms with van der Waals surface area (Å²) in [5.41, 5.74) is -0.382. The Labute approximate surface area is 114 Å². The summed E-state index contributed by atoms with van der Waals surface area (Å²) < 4.78 is 28.2. The highest BCUT2D eigenvalue weighted by Crippen LogP contribution is 2.21. The summed E-state index contributed by atoms with van der Waals surface area (Å²) in [5.74, 6) is -0.917. The molecule has 10 heteroatoms. The molecule has 0 N–H and O–H groups in total. The number of aromatic nitrogens is 2. The average molecular weight is 310 g/mol. The second-order valence-electron chi connectivity index (χ2n) is 3.61. The Kier molecular flexibility index (Phi) is 4.53. The quantitative estimate of drug-likeness (QED) is 0.596. The Balaban J connectivity index is 3.45. The number of carbonyl (C=O) groups is 2. The van der Waals surface area contributed by atoms with Gasteiger partial charge in [-0.2, -0.15) is 9.78 Å². The minimum Gasteiger partial charge on any atom is -0.462 e. The first-order valence-corrected chi connectivity index (χ1v) is 7.42. The second-order valence-corrected chi connectivity index (χ2v) is 6.09. The van der Waals surface area contributed by atoms with Gasteiger partial charge in [-0.15, -0.1) is 0 Å². The van der Waals surface area contributed by atoms with Crippen LogP contribution in [-0.2, 0) is 13.8 Å². The number of amides is 1. The second kappa shape index (κ2) is 5.57. The third-order valence-corrected chi connectivity index (χ3v) is 3.31. The molecule has 1 amide bonds. The lowest BCUT2D eigenvalue weighted by Gasteiger charge is -2.11. The van der Waals surface area contributed by atoms with Gasteiger partial charge in [-0.1, -0.05) is 0 Å². The number of rotatable bonds is 3. The van der Waals surface area contributed by atoms with E-state index in [0.29, 0.717) is 4.68 Å². The molecule has 1 aromatic heterocycles. The van der Waals surface area contributed by atoms with Gasteiger partial charge in [0.1, 0.15) is 5.56 Å². The van der Waals surface area contributed by atoms with Crippen LogP contribution in [0.3, 0.4) is 0 Å². The third kappa shape index (κ3) is 3.24. The van der Waals surface area contributed by atoms with E-state index in [0.717, 1.165) is 11.1 Å². The van der Waals surface area contributed by atoms with Gasteiger partial charge in [-0.25, -0.2) is 18.0 Å². The van der Waals surface area contributed by atoms with Gasteiger partial charge in [-0.3, -0.25) is 0 Å². The standard InChI is InChI=1S/C9H12ClN3O5S/c1-4-18-8(14)6-5-11-13(9(15)12(2)3)7(6)19(10,16)17/h5H,4H2,1-3H3. The van der Waals surface area contributed by atoms with Crippen LogP contribution in [0.4, 0.5) is 4.79 Å². The summed E-state index contributed by atoms with van der Waals surface area (Å²) >= 11 is 0. The predicted molar refractivity (Wildman–Crippen MR) is 65.7 cm³/mol. The van der Waals surface area contributed by atoms with E-state index in [1.165, 1.54) is 14.1 Å². The lowest BCUT2D eigenvalue weighted by atomic mass is 10.4. The molecular weight excluding hydrogens is 298 g/mol. The fraction of sp³-hybridized carbons (Fsp3) is 0.444. The summed E-state index contributed by atoms with van der Waals surface area (Å²) in [6.07, 6.45) is 0.925. The normalized spacial score (nSPS) is 11.2. The maximum Gasteiger partial charge on any atom is 0.345 e. The van der Waals surface area contributed by atoms with Gasteiger partial charge < -0.3 is 9.64 Å². The van der Waals surface area contributed by atoms with Gasteiger partial charge in [0.05, 0.1) is 12.8 Å². The first-order chi connectivity index (χ1) is 8.70. The molecule has 106 valence electrons. The van der Waals surface area contributed by atoms with Crippen LogP contribution in [0.2, 0.25) is 0 Å². The highest BCUT2D eigenvalue weighted by Gasteiger charge is 2.31. The first kappa shape index (κ1) is 15.4. The van der Waals surface area contributed by atoms with E-state index >= 15 is 0 Å². The molecule has 0 saturated heterocycles. The molecule has 0 aliphatic rings. The first-order valence-electron chi connectivity index (χ1n) is 5.11. The molecule has 0 aliphatic heterocycles. The maximum absolute atomic E-state index is 11.8. The highest BCUT2D eigenvalue weighted by atomic mass is 35.7. The van der Waals surface area contributed by atoms with Crippen molar-refractivity contribution in [3.63, 3.8) is 0 Å². The Morgan fingerprint density at radius 1 is 1.47 bits per heavy atom. The van der Waals surface area contributed by atoms with Crippen LogP contribution in [0, 0.1) is 0 Å². The summed E-state index contributed by atoms with van der Waals surface area (Å²) in [7, 11) is 3.70. The van der Waals surface area contributed by atoms with Gasteiger partial charge in [0, 0.05) is 24.8 Å². The van der Waals surface area contributed by atoms with Crippen molar-refractivity contribution in [3.05, 3.63) is 11.8 Å². The topological polar surface area (TPSA) is 98.6 Å². The lowest BCUT2D eigenvalue weighted by Crippen LogP contribution is -2.30. The van der Waals surface area contributed by atoms with Crippen LogP contribution >= 0.6 is 10.7 Å². The molecule has 0 spiro atoms. The van der Waals surface area contributed by atoms with Crippen LogP contribution in [0.15, 0.2) is 11.2 Å². The number of halogens is 1. The van der Waals surface area contributed by atoms with Crippen LogP contribution in [0.25, 0.3) is 0 Å². The zero-order chi connectivity index (χ0) is 14.8. The zero-order valence-electron chi connectivity index (χ0n) is 10.5. The van der Waals surface area contributed by atoms with Gasteiger partial charge in [-0.05, 0) is 6.92 Å². The predicted octanol–water partition coefficient (Wildman–Crippen LogP) is 0.517. The van der Waals surface area contributed by atoms with E-state index in [-0.39, 0.29) is 12.2 Å². The third-order valence-electron chi connectivity index (χ3n) is 2.02. The minimum absolute atomic E-state index is 0.0490. The molecule has 0 fully saturated rings. The molecule has 19 heavy (non-hydrogen) atoms. The van der Waals surface area contributed by atoms with Crippen molar-refractivity contribution in [1.29, 1.82) is 0 Å². The number of ether oxygens (including phenoxy) is 1. The van der Waals surface area contributed by atoms with E-state index in [2.05, 4.69) is 9.84 Å². The van der Waals surface area contributed by atoms with Gasteiger partial charge in [0.2, 0.25) is 0 Å². The summed E-state index contributed by atoms with van der Waals surface area (Å²) in [4.78, 5) is 24.4. The summed E-state index contributed by atoms with van der Waals surface area (Å²) in [6.45, 7) is 1.61. The van der Waals surface area contributed by atoms with E-state index in [1.54, 1.807) is 6.92 Å². The van der Waals surface area contributed by atoms with Gasteiger partial charge >= 0.3 is 12.0 Å². The van der Waals surface area contributed by atoms with E-state index in [4.69, 9.17) is 10.7 Å². The van der Waals surface area contributed by atoms with Crippen LogP contribution in [-0.4, -0.2) is 55.8 Å². The van der Waals surface area contributed by atoms with Gasteiger partial charge in [0.25, 0.3) is 9.05 Å². The molecule has 8 nitrogen and oxygen atoms in total. The molecule has 0 aromatic carbocycles. The number of esters is 1. The SMILES string of the molecule is CCOC(=O)c1cnn(C(=O)N(C)C)c1S(=O)(=O)Cl. The Morgan fingerprint density at radius 2 is 2.05 bits per heavy atom. The smallest absolute Gasteiger partial charge is 0.345 e. The molecule has 0 atom stereocenters. The molecule has 1 aromatic rings. The molecular formula is C9H12ClN3O5S. The highest BCUT2D eigenvalue weighted by molar-refractivity contribution is 8.13. The van der Waals surface area contributed by atoms with Crippen molar-refractivity contribution < 1.29 is 22.7 Å². The fourth-order valence-corrected chi connectivity index (χ4v) is 2.42. The number of carbonyl (C=O) groups excluding carboxylic acids is 2. The Hall–Kier alpha value is -1.61. The molecule has 0 radical (unpaired) electrons. The molecule has 0 bridgehead atoms. The molecule has 0 unspecified atom stereocenters. The number of nitrogens with zero attached hydrogens (tertiary/aromatic N) is 3. The fourth-order valence-electron chi connectivity index (χ4n) is 1.25. The Morgan fingerprint density at radius 3 is 2.47 bits per heavy atom. The van der Waals surface area contributed by atoms with Crippen LogP contribution in [0.1, 0.15) is 17.3 Å². The number of hydrogen-bond donors (Lipinski definition) is 0. The minimum atomic E-state index is -4.34. The van der Waals surface area contributed by atoms with Crippen molar-refractivity contribution in [2.75, 3.05) is 20.7 Å². The van der Waals surface area contributed by atoms with Crippen molar-refractivity contribution in [2.24, 2.45) is 0 Å². The van der Waals surface area contributed by atoms with E-state index in [9.17, 15) is 18.0 Å². The van der Waals surface area contributed by atoms with Crippen molar-refractivity contribution in [3.8, 4) is 0 Å². The van der Waals surface area contributed by atoms with Gasteiger partial charge in [0.15, 0.2) is 5.03 Å². The van der Waals surface area contributed by atoms with Crippen LogP contribution in [0.5, 0.6) is 0 Å². The molecule has 0 aliphatic carbocycles. The Bertz CT molecular complexity index is 607. The van der Waals surface area contributed by atoms with Crippen molar-refractivity contribution in [2.45, 2.75) is 11.9 Å². The molecule has 1 rings (SSSR count). The average Bonchev–Trinajstić information content (AvgIpc) is 2.72. The van der Waals surface area contributed by atoms with E-state index < -0.39 is 26.1 Å². The van der Waals surface area contributed by atoms with Crippen LogP contribution < -0.4 is 0 Å². The van der Waals surface area contributed by atoms with E-state index in [1.807, 2.05) is 0 Å². The summed E-state index contributed by atoms with van der Waals surface area (Å²) in [5, 5.41) is 2.87. The molecule has 1 heterocycles. The monoisotopic (exact) mass is 309 g/mol. The zero-order valence-corrected chi connectivity index (χ0v) is 12.0. The number of hydrogen-bond acceptors (Lipinski definition) is 6. The molecule has 0 saturated carbocycles. The summed E-state index contributed by atoms with van der Waals surface area (Å²) in [6, 6.07) is -0.755. The van der Waals surface area contributed by atoms with Crippen molar-refractivity contribution in [1.82, 2.24) is 14.7 Å². The largest absolute Gasteiger partial charge is 0.462 e. The maximum atomic E-state index is 11.8. The lowest BCUT2D eigenvalue weighted by molar-refractivity contribution is 0.0521.